The van der Waals surface area contributed by atoms with Gasteiger partial charge >= 0.3 is 0 Å². The third-order valence-corrected chi connectivity index (χ3v) is 2.99. The Hall–Kier alpha value is -1.74. The molecule has 3 heteroatoms. The number of nitrogens with two attached hydrogens (primary N) is 1. The van der Waals surface area contributed by atoms with E-state index in [1.54, 1.807) is 6.07 Å². The molecule has 94 valence electrons. The molecule has 18 heavy (non-hydrogen) atoms. The number of hydrogen-bond donors (Lipinski definition) is 1. The van der Waals surface area contributed by atoms with Gasteiger partial charge in [0, 0.05) is 12.1 Å². The summed E-state index contributed by atoms with van der Waals surface area (Å²) in [5.74, 6) is -0.654. The summed E-state index contributed by atoms with van der Waals surface area (Å²) < 4.78 is 27.2. The van der Waals surface area contributed by atoms with Crippen LogP contribution in [0.15, 0.2) is 30.3 Å². The van der Waals surface area contributed by atoms with Gasteiger partial charge in [-0.3, -0.25) is 0 Å². The van der Waals surface area contributed by atoms with Gasteiger partial charge in [-0.05, 0) is 54.3 Å². The van der Waals surface area contributed by atoms with E-state index in [0.29, 0.717) is 16.7 Å². The minimum Gasteiger partial charge on any atom is -0.326 e. The number of benzene rings is 2. The van der Waals surface area contributed by atoms with Crippen molar-refractivity contribution in [1.29, 1.82) is 0 Å². The van der Waals surface area contributed by atoms with Gasteiger partial charge in [0.05, 0.1) is 0 Å². The van der Waals surface area contributed by atoms with Crippen molar-refractivity contribution in [3.05, 3.63) is 58.7 Å². The Morgan fingerprint density at radius 2 is 1.78 bits per heavy atom. The van der Waals surface area contributed by atoms with Crippen LogP contribution in [-0.2, 0) is 6.54 Å². The maximum absolute atomic E-state index is 14.1. The first-order chi connectivity index (χ1) is 8.52. The predicted molar refractivity (Wildman–Crippen MR) is 69.2 cm³/mol. The van der Waals surface area contributed by atoms with E-state index < -0.39 is 0 Å². The molecule has 0 aliphatic rings. The fourth-order valence-electron chi connectivity index (χ4n) is 2.23. The SMILES string of the molecule is Cc1cc(C)c(-c2ccc(F)cc2CN)c(F)c1. The lowest BCUT2D eigenvalue weighted by molar-refractivity contribution is 0.622. The van der Waals surface area contributed by atoms with E-state index in [1.165, 1.54) is 18.2 Å². The fraction of sp³-hybridized carbons (Fsp3) is 0.200. The van der Waals surface area contributed by atoms with E-state index in [1.807, 2.05) is 19.9 Å². The number of aryl methyl sites for hydroxylation is 2. The highest BCUT2D eigenvalue weighted by Gasteiger charge is 2.13. The monoisotopic (exact) mass is 247 g/mol. The summed E-state index contributed by atoms with van der Waals surface area (Å²) in [4.78, 5) is 0. The summed E-state index contributed by atoms with van der Waals surface area (Å²) in [6, 6.07) is 7.65. The van der Waals surface area contributed by atoms with Gasteiger partial charge in [-0.25, -0.2) is 8.78 Å². The van der Waals surface area contributed by atoms with Crippen LogP contribution in [0, 0.1) is 25.5 Å². The van der Waals surface area contributed by atoms with Crippen LogP contribution >= 0.6 is 0 Å². The first kappa shape index (κ1) is 12.7. The van der Waals surface area contributed by atoms with Crippen molar-refractivity contribution in [2.75, 3.05) is 0 Å². The van der Waals surface area contributed by atoms with Crippen molar-refractivity contribution < 1.29 is 8.78 Å². The lowest BCUT2D eigenvalue weighted by Gasteiger charge is -2.13. The predicted octanol–water partition coefficient (Wildman–Crippen LogP) is 3.71. The third kappa shape index (κ3) is 2.27. The highest BCUT2D eigenvalue weighted by Crippen LogP contribution is 2.30. The summed E-state index contributed by atoms with van der Waals surface area (Å²) in [6.07, 6.45) is 0. The van der Waals surface area contributed by atoms with Crippen molar-refractivity contribution >= 4 is 0 Å². The third-order valence-electron chi connectivity index (χ3n) is 2.99. The summed E-state index contributed by atoms with van der Waals surface area (Å²) in [5, 5.41) is 0. The number of halogens is 2. The maximum atomic E-state index is 14.1. The first-order valence-corrected chi connectivity index (χ1v) is 5.78. The lowest BCUT2D eigenvalue weighted by atomic mass is 9.94. The van der Waals surface area contributed by atoms with Crippen LogP contribution in [0.2, 0.25) is 0 Å². The molecular formula is C15H15F2N. The minimum atomic E-state index is -0.357. The Morgan fingerprint density at radius 1 is 1.06 bits per heavy atom. The molecule has 0 aliphatic heterocycles. The zero-order chi connectivity index (χ0) is 13.3. The molecule has 0 spiro atoms. The smallest absolute Gasteiger partial charge is 0.131 e. The molecule has 0 saturated carbocycles. The van der Waals surface area contributed by atoms with Crippen LogP contribution in [0.4, 0.5) is 8.78 Å². The molecule has 2 rings (SSSR count). The van der Waals surface area contributed by atoms with Crippen LogP contribution in [0.1, 0.15) is 16.7 Å². The summed E-state index contributed by atoms with van der Waals surface area (Å²) >= 11 is 0. The molecule has 0 atom stereocenters. The van der Waals surface area contributed by atoms with Crippen LogP contribution in [-0.4, -0.2) is 0 Å². The van der Waals surface area contributed by atoms with E-state index in [9.17, 15) is 8.78 Å². The molecule has 1 nitrogen and oxygen atoms in total. The van der Waals surface area contributed by atoms with Gasteiger partial charge in [0.15, 0.2) is 0 Å². The maximum Gasteiger partial charge on any atom is 0.131 e. The van der Waals surface area contributed by atoms with Gasteiger partial charge in [-0.15, -0.1) is 0 Å². The summed E-state index contributed by atoms with van der Waals surface area (Å²) in [6.45, 7) is 3.86. The number of rotatable bonds is 2. The van der Waals surface area contributed by atoms with Gasteiger partial charge < -0.3 is 5.73 Å². The Balaban J connectivity index is 2.69. The average molecular weight is 247 g/mol. The average Bonchev–Trinajstić information content (AvgIpc) is 2.29. The molecule has 0 aliphatic carbocycles. The molecule has 2 aromatic rings. The van der Waals surface area contributed by atoms with Gasteiger partial charge in [-0.1, -0.05) is 12.1 Å². The quantitative estimate of drug-likeness (QED) is 0.860. The Labute approximate surface area is 105 Å². The molecule has 0 fully saturated rings. The number of hydrogen-bond acceptors (Lipinski definition) is 1. The topological polar surface area (TPSA) is 26.0 Å². The zero-order valence-electron chi connectivity index (χ0n) is 10.4. The molecular weight excluding hydrogens is 232 g/mol. The van der Waals surface area contributed by atoms with Gasteiger partial charge in [0.25, 0.3) is 0 Å². The van der Waals surface area contributed by atoms with Crippen LogP contribution in [0.3, 0.4) is 0 Å². The Morgan fingerprint density at radius 3 is 2.39 bits per heavy atom. The van der Waals surface area contributed by atoms with E-state index in [2.05, 4.69) is 0 Å². The second-order valence-electron chi connectivity index (χ2n) is 4.44. The molecule has 0 saturated heterocycles. The lowest BCUT2D eigenvalue weighted by Crippen LogP contribution is -2.02. The molecule has 0 unspecified atom stereocenters. The second-order valence-corrected chi connectivity index (χ2v) is 4.44. The summed E-state index contributed by atoms with van der Waals surface area (Å²) in [5.41, 5.74) is 9.07. The molecule has 0 aromatic heterocycles. The Kier molecular flexibility index (Phi) is 3.43. The van der Waals surface area contributed by atoms with Gasteiger partial charge in [0.2, 0.25) is 0 Å². The second kappa shape index (κ2) is 4.86. The van der Waals surface area contributed by atoms with Crippen molar-refractivity contribution in [3.63, 3.8) is 0 Å². The molecule has 2 aromatic carbocycles. The highest BCUT2D eigenvalue weighted by atomic mass is 19.1. The zero-order valence-corrected chi connectivity index (χ0v) is 10.4. The molecule has 0 radical (unpaired) electrons. The van der Waals surface area contributed by atoms with Crippen molar-refractivity contribution in [3.8, 4) is 11.1 Å². The standard InChI is InChI=1S/C15H15F2N/c1-9-5-10(2)15(14(17)6-9)13-4-3-12(16)7-11(13)8-18/h3-7H,8,18H2,1-2H3. The van der Waals surface area contributed by atoms with Gasteiger partial charge in [-0.2, -0.15) is 0 Å². The molecule has 0 heterocycles. The van der Waals surface area contributed by atoms with Crippen LogP contribution < -0.4 is 5.73 Å². The van der Waals surface area contributed by atoms with Crippen molar-refractivity contribution in [2.24, 2.45) is 5.73 Å². The molecule has 0 amide bonds. The molecule has 2 N–H and O–H groups in total. The van der Waals surface area contributed by atoms with Crippen LogP contribution in [0.25, 0.3) is 11.1 Å². The van der Waals surface area contributed by atoms with Crippen molar-refractivity contribution in [2.45, 2.75) is 20.4 Å². The Bertz CT molecular complexity index is 568. The fourth-order valence-corrected chi connectivity index (χ4v) is 2.23. The first-order valence-electron chi connectivity index (χ1n) is 5.78. The summed E-state index contributed by atoms with van der Waals surface area (Å²) in [7, 11) is 0. The van der Waals surface area contributed by atoms with Crippen molar-refractivity contribution in [1.82, 2.24) is 0 Å². The normalized spacial score (nSPS) is 10.7. The minimum absolute atomic E-state index is 0.180. The molecule has 0 bridgehead atoms. The van der Waals surface area contributed by atoms with E-state index >= 15 is 0 Å². The largest absolute Gasteiger partial charge is 0.326 e. The van der Waals surface area contributed by atoms with Gasteiger partial charge in [0.1, 0.15) is 11.6 Å². The van der Waals surface area contributed by atoms with Crippen LogP contribution in [0.5, 0.6) is 0 Å². The van der Waals surface area contributed by atoms with E-state index in [4.69, 9.17) is 5.73 Å². The highest BCUT2D eigenvalue weighted by molar-refractivity contribution is 5.71. The van der Waals surface area contributed by atoms with E-state index in [0.717, 1.165) is 11.1 Å². The van der Waals surface area contributed by atoms with E-state index in [-0.39, 0.29) is 18.2 Å².